The Labute approximate surface area is 117 Å². The van der Waals surface area contributed by atoms with Crippen LogP contribution >= 0.6 is 0 Å². The van der Waals surface area contributed by atoms with Crippen molar-refractivity contribution in [3.05, 3.63) is 29.8 Å². The van der Waals surface area contributed by atoms with Crippen LogP contribution in [-0.4, -0.2) is 19.2 Å². The number of hydrogen-bond donors (Lipinski definition) is 1. The second kappa shape index (κ2) is 6.95. The summed E-state index contributed by atoms with van der Waals surface area (Å²) in [4.78, 5) is 0. The minimum absolute atomic E-state index is 0.323. The molecular weight excluding hydrogens is 234 g/mol. The van der Waals surface area contributed by atoms with E-state index >= 15 is 0 Å². The summed E-state index contributed by atoms with van der Waals surface area (Å²) in [5.41, 5.74) is 1.35. The van der Waals surface area contributed by atoms with Gasteiger partial charge in [-0.1, -0.05) is 38.5 Å². The quantitative estimate of drug-likeness (QED) is 0.861. The van der Waals surface area contributed by atoms with E-state index in [1.165, 1.54) is 31.2 Å². The molecule has 0 aromatic heterocycles. The van der Waals surface area contributed by atoms with E-state index in [1.54, 1.807) is 0 Å². The van der Waals surface area contributed by atoms with Crippen molar-refractivity contribution in [2.45, 2.75) is 64.0 Å². The van der Waals surface area contributed by atoms with Crippen molar-refractivity contribution >= 4 is 0 Å². The summed E-state index contributed by atoms with van der Waals surface area (Å²) in [6.07, 6.45) is 6.48. The number of rotatable bonds is 5. The molecular formula is C17H27NO. The van der Waals surface area contributed by atoms with E-state index in [0.717, 1.165) is 12.2 Å². The van der Waals surface area contributed by atoms with Crippen molar-refractivity contribution in [2.75, 3.05) is 7.05 Å². The van der Waals surface area contributed by atoms with E-state index in [9.17, 15) is 0 Å². The molecule has 106 valence electrons. The predicted octanol–water partition coefficient (Wildman–Crippen LogP) is 4.11. The van der Waals surface area contributed by atoms with Crippen LogP contribution in [0.2, 0.25) is 0 Å². The smallest absolute Gasteiger partial charge is 0.123 e. The molecule has 3 unspecified atom stereocenters. The molecule has 0 bridgehead atoms. The maximum absolute atomic E-state index is 6.35. The summed E-state index contributed by atoms with van der Waals surface area (Å²) < 4.78 is 6.35. The highest BCUT2D eigenvalue weighted by Gasteiger charge is 2.26. The summed E-state index contributed by atoms with van der Waals surface area (Å²) in [5, 5.41) is 3.41. The third kappa shape index (κ3) is 3.50. The lowest BCUT2D eigenvalue weighted by molar-refractivity contribution is 0.116. The van der Waals surface area contributed by atoms with Crippen molar-refractivity contribution in [3.63, 3.8) is 0 Å². The van der Waals surface area contributed by atoms with Crippen molar-refractivity contribution in [1.29, 1.82) is 0 Å². The van der Waals surface area contributed by atoms with Crippen LogP contribution in [0.15, 0.2) is 24.3 Å². The molecule has 1 aromatic carbocycles. The minimum atomic E-state index is 0.323. The molecule has 2 heteroatoms. The van der Waals surface area contributed by atoms with Crippen LogP contribution in [0.4, 0.5) is 0 Å². The van der Waals surface area contributed by atoms with Crippen LogP contribution in [-0.2, 0) is 0 Å². The Balaban J connectivity index is 2.13. The Bertz CT molecular complexity index is 391. The van der Waals surface area contributed by atoms with Gasteiger partial charge in [0.1, 0.15) is 11.9 Å². The second-order valence-corrected chi connectivity index (χ2v) is 5.68. The summed E-state index contributed by atoms with van der Waals surface area (Å²) in [7, 11) is 2.05. The SMILES string of the molecule is CCC(C)c1ccccc1OC1CCCCC1NC. The van der Waals surface area contributed by atoms with Crippen LogP contribution in [0, 0.1) is 0 Å². The molecule has 1 aliphatic carbocycles. The van der Waals surface area contributed by atoms with Crippen LogP contribution in [0.1, 0.15) is 57.4 Å². The van der Waals surface area contributed by atoms with Gasteiger partial charge in [0.2, 0.25) is 0 Å². The minimum Gasteiger partial charge on any atom is -0.489 e. The number of ether oxygens (including phenoxy) is 1. The molecule has 1 saturated carbocycles. The Morgan fingerprint density at radius 1 is 1.26 bits per heavy atom. The van der Waals surface area contributed by atoms with Gasteiger partial charge in [0.15, 0.2) is 0 Å². The van der Waals surface area contributed by atoms with Crippen LogP contribution in [0.25, 0.3) is 0 Å². The largest absolute Gasteiger partial charge is 0.489 e. The molecule has 2 nitrogen and oxygen atoms in total. The Morgan fingerprint density at radius 2 is 2.00 bits per heavy atom. The van der Waals surface area contributed by atoms with Crippen LogP contribution in [0.3, 0.4) is 0 Å². The van der Waals surface area contributed by atoms with Crippen molar-refractivity contribution < 1.29 is 4.74 Å². The number of likely N-dealkylation sites (N-methyl/N-ethyl adjacent to an activating group) is 1. The van der Waals surface area contributed by atoms with Gasteiger partial charge in [-0.2, -0.15) is 0 Å². The van der Waals surface area contributed by atoms with E-state index in [2.05, 4.69) is 43.4 Å². The van der Waals surface area contributed by atoms with E-state index in [1.807, 2.05) is 7.05 Å². The van der Waals surface area contributed by atoms with Gasteiger partial charge in [-0.05, 0) is 50.3 Å². The van der Waals surface area contributed by atoms with Gasteiger partial charge in [0.25, 0.3) is 0 Å². The molecule has 19 heavy (non-hydrogen) atoms. The van der Waals surface area contributed by atoms with Crippen molar-refractivity contribution in [1.82, 2.24) is 5.32 Å². The average molecular weight is 261 g/mol. The molecule has 0 spiro atoms. The molecule has 0 saturated heterocycles. The summed E-state index contributed by atoms with van der Waals surface area (Å²) >= 11 is 0. The van der Waals surface area contributed by atoms with E-state index < -0.39 is 0 Å². The van der Waals surface area contributed by atoms with Crippen molar-refractivity contribution in [2.24, 2.45) is 0 Å². The van der Waals surface area contributed by atoms with E-state index in [4.69, 9.17) is 4.74 Å². The van der Waals surface area contributed by atoms with Crippen molar-refractivity contribution in [3.8, 4) is 5.75 Å². The molecule has 0 aliphatic heterocycles. The Hall–Kier alpha value is -1.02. The molecule has 2 rings (SSSR count). The highest BCUT2D eigenvalue weighted by molar-refractivity contribution is 5.36. The van der Waals surface area contributed by atoms with Gasteiger partial charge in [-0.15, -0.1) is 0 Å². The Morgan fingerprint density at radius 3 is 2.74 bits per heavy atom. The molecule has 1 aliphatic rings. The standard InChI is InChI=1S/C17H27NO/c1-4-13(2)14-9-5-7-11-16(14)19-17-12-8-6-10-15(17)18-3/h5,7,9,11,13,15,17-18H,4,6,8,10,12H2,1-3H3. The monoisotopic (exact) mass is 261 g/mol. The molecule has 3 atom stereocenters. The lowest BCUT2D eigenvalue weighted by Crippen LogP contribution is -2.43. The topological polar surface area (TPSA) is 21.3 Å². The fourth-order valence-corrected chi connectivity index (χ4v) is 2.95. The molecule has 1 aromatic rings. The number of para-hydroxylation sites is 1. The summed E-state index contributed by atoms with van der Waals surface area (Å²) in [6.45, 7) is 4.51. The first-order valence-electron chi connectivity index (χ1n) is 7.69. The zero-order chi connectivity index (χ0) is 13.7. The average Bonchev–Trinajstić information content (AvgIpc) is 2.47. The first kappa shape index (κ1) is 14.4. The summed E-state index contributed by atoms with van der Waals surface area (Å²) in [6, 6.07) is 9.03. The number of benzene rings is 1. The van der Waals surface area contributed by atoms with Crippen LogP contribution < -0.4 is 10.1 Å². The predicted molar refractivity (Wildman–Crippen MR) is 80.9 cm³/mol. The second-order valence-electron chi connectivity index (χ2n) is 5.68. The molecule has 0 radical (unpaired) electrons. The van der Waals surface area contributed by atoms with Gasteiger partial charge in [-0.3, -0.25) is 0 Å². The maximum atomic E-state index is 6.35. The van der Waals surface area contributed by atoms with Gasteiger partial charge in [-0.25, -0.2) is 0 Å². The van der Waals surface area contributed by atoms with E-state index in [0.29, 0.717) is 18.1 Å². The van der Waals surface area contributed by atoms with Gasteiger partial charge >= 0.3 is 0 Å². The first-order chi connectivity index (χ1) is 9.26. The third-order valence-corrected chi connectivity index (χ3v) is 4.41. The first-order valence-corrected chi connectivity index (χ1v) is 7.69. The fourth-order valence-electron chi connectivity index (χ4n) is 2.95. The number of hydrogen-bond acceptors (Lipinski definition) is 2. The molecule has 0 heterocycles. The molecule has 0 amide bonds. The zero-order valence-electron chi connectivity index (χ0n) is 12.5. The summed E-state index contributed by atoms with van der Waals surface area (Å²) in [5.74, 6) is 1.65. The van der Waals surface area contributed by atoms with Crippen LogP contribution in [0.5, 0.6) is 5.75 Å². The highest BCUT2D eigenvalue weighted by Crippen LogP contribution is 2.31. The zero-order valence-corrected chi connectivity index (χ0v) is 12.5. The Kier molecular flexibility index (Phi) is 5.26. The maximum Gasteiger partial charge on any atom is 0.123 e. The van der Waals surface area contributed by atoms with Gasteiger partial charge < -0.3 is 10.1 Å². The third-order valence-electron chi connectivity index (χ3n) is 4.41. The lowest BCUT2D eigenvalue weighted by atomic mass is 9.92. The number of nitrogens with one attached hydrogen (secondary N) is 1. The normalized spacial score (nSPS) is 25.0. The highest BCUT2D eigenvalue weighted by atomic mass is 16.5. The molecule has 1 fully saturated rings. The molecule has 1 N–H and O–H groups in total. The lowest BCUT2D eigenvalue weighted by Gasteiger charge is -2.32. The van der Waals surface area contributed by atoms with Gasteiger partial charge in [0, 0.05) is 6.04 Å². The fraction of sp³-hybridized carbons (Fsp3) is 0.647. The van der Waals surface area contributed by atoms with E-state index in [-0.39, 0.29) is 0 Å². The van der Waals surface area contributed by atoms with Gasteiger partial charge in [0.05, 0.1) is 0 Å².